The summed E-state index contributed by atoms with van der Waals surface area (Å²) in [7, 11) is 3.12. The van der Waals surface area contributed by atoms with Crippen LogP contribution in [-0.2, 0) is 17.8 Å². The molecular formula is C16H19N3O2S. The Bertz CT molecular complexity index is 621. The predicted molar refractivity (Wildman–Crippen MR) is 89.1 cm³/mol. The molecule has 1 heterocycles. The maximum absolute atomic E-state index is 11.4. The smallest absolute Gasteiger partial charge is 0.337 e. The lowest BCUT2D eigenvalue weighted by atomic mass is 10.1. The zero-order valence-electron chi connectivity index (χ0n) is 12.6. The van der Waals surface area contributed by atoms with Crippen molar-refractivity contribution in [1.29, 1.82) is 0 Å². The molecule has 0 unspecified atom stereocenters. The number of rotatable bonds is 5. The summed E-state index contributed by atoms with van der Waals surface area (Å²) < 4.78 is 4.68. The maximum atomic E-state index is 11.4. The van der Waals surface area contributed by atoms with Gasteiger partial charge in [-0.05, 0) is 29.1 Å². The SMILES string of the molecule is CN=C(NCc1ccc(C(=O)OC)cc1)NCc1cccs1. The first-order chi connectivity index (χ1) is 10.7. The number of guanidine groups is 1. The Hall–Kier alpha value is -2.34. The van der Waals surface area contributed by atoms with E-state index in [0.29, 0.717) is 12.1 Å². The normalized spacial score (nSPS) is 11.1. The second-order valence-corrected chi connectivity index (χ2v) is 5.58. The molecule has 0 saturated heterocycles. The van der Waals surface area contributed by atoms with Gasteiger partial charge < -0.3 is 15.4 Å². The Balaban J connectivity index is 1.84. The van der Waals surface area contributed by atoms with Gasteiger partial charge in [0.1, 0.15) is 0 Å². The number of aliphatic imine (C=N–C) groups is 1. The highest BCUT2D eigenvalue weighted by atomic mass is 32.1. The number of carbonyl (C=O) groups excluding carboxylic acids is 1. The summed E-state index contributed by atoms with van der Waals surface area (Å²) in [5.41, 5.74) is 1.61. The molecule has 0 bridgehead atoms. The topological polar surface area (TPSA) is 62.7 Å². The second-order valence-electron chi connectivity index (χ2n) is 4.55. The zero-order chi connectivity index (χ0) is 15.8. The first kappa shape index (κ1) is 16.0. The molecule has 1 aromatic carbocycles. The van der Waals surface area contributed by atoms with Gasteiger partial charge in [-0.25, -0.2) is 4.79 Å². The molecule has 0 aliphatic rings. The Morgan fingerprint density at radius 3 is 2.50 bits per heavy atom. The summed E-state index contributed by atoms with van der Waals surface area (Å²) in [5, 5.41) is 8.55. The number of benzene rings is 1. The summed E-state index contributed by atoms with van der Waals surface area (Å²) in [6.07, 6.45) is 0. The molecule has 0 radical (unpaired) electrons. The molecular weight excluding hydrogens is 298 g/mol. The quantitative estimate of drug-likeness (QED) is 0.505. The molecule has 2 aromatic rings. The van der Waals surface area contributed by atoms with Gasteiger partial charge >= 0.3 is 5.97 Å². The van der Waals surface area contributed by atoms with Crippen molar-refractivity contribution in [2.75, 3.05) is 14.2 Å². The highest BCUT2D eigenvalue weighted by molar-refractivity contribution is 7.09. The number of hydrogen-bond donors (Lipinski definition) is 2. The fourth-order valence-electron chi connectivity index (χ4n) is 1.87. The van der Waals surface area contributed by atoms with Crippen molar-refractivity contribution in [3.8, 4) is 0 Å². The summed E-state index contributed by atoms with van der Waals surface area (Å²) in [4.78, 5) is 16.8. The minimum atomic E-state index is -0.326. The Morgan fingerprint density at radius 1 is 1.18 bits per heavy atom. The number of nitrogens with zero attached hydrogens (tertiary/aromatic N) is 1. The number of nitrogens with one attached hydrogen (secondary N) is 2. The average molecular weight is 317 g/mol. The van der Waals surface area contributed by atoms with Crippen LogP contribution in [0.3, 0.4) is 0 Å². The standard InChI is InChI=1S/C16H19N3O2S/c1-17-16(19-11-14-4-3-9-22-14)18-10-12-5-7-13(8-6-12)15(20)21-2/h3-9H,10-11H2,1-2H3,(H2,17,18,19). The molecule has 0 atom stereocenters. The van der Waals surface area contributed by atoms with Gasteiger partial charge in [-0.2, -0.15) is 0 Å². The molecule has 116 valence electrons. The number of thiophene rings is 1. The van der Waals surface area contributed by atoms with Crippen LogP contribution in [0, 0.1) is 0 Å². The van der Waals surface area contributed by atoms with Crippen LogP contribution in [0.25, 0.3) is 0 Å². The highest BCUT2D eigenvalue weighted by Crippen LogP contribution is 2.07. The largest absolute Gasteiger partial charge is 0.465 e. The number of methoxy groups -OCH3 is 1. The van der Waals surface area contributed by atoms with E-state index in [1.165, 1.54) is 12.0 Å². The van der Waals surface area contributed by atoms with E-state index >= 15 is 0 Å². The Morgan fingerprint density at radius 2 is 1.91 bits per heavy atom. The molecule has 0 aliphatic heterocycles. The van der Waals surface area contributed by atoms with E-state index in [-0.39, 0.29) is 5.97 Å². The van der Waals surface area contributed by atoms with E-state index in [0.717, 1.165) is 18.1 Å². The van der Waals surface area contributed by atoms with Gasteiger partial charge in [0, 0.05) is 18.5 Å². The fourth-order valence-corrected chi connectivity index (χ4v) is 2.51. The summed E-state index contributed by atoms with van der Waals surface area (Å²) >= 11 is 1.71. The van der Waals surface area contributed by atoms with Crippen molar-refractivity contribution in [2.45, 2.75) is 13.1 Å². The van der Waals surface area contributed by atoms with Gasteiger partial charge in [0.2, 0.25) is 0 Å². The van der Waals surface area contributed by atoms with Gasteiger partial charge in [0.15, 0.2) is 5.96 Å². The van der Waals surface area contributed by atoms with E-state index in [1.807, 2.05) is 18.2 Å². The molecule has 0 spiro atoms. The number of ether oxygens (including phenoxy) is 1. The molecule has 2 rings (SSSR count). The number of carbonyl (C=O) groups is 1. The van der Waals surface area contributed by atoms with E-state index in [9.17, 15) is 4.79 Å². The molecule has 0 fully saturated rings. The third kappa shape index (κ3) is 4.60. The number of hydrogen-bond acceptors (Lipinski definition) is 4. The lowest BCUT2D eigenvalue weighted by Gasteiger charge is -2.11. The van der Waals surface area contributed by atoms with Crippen LogP contribution in [0.15, 0.2) is 46.8 Å². The lowest BCUT2D eigenvalue weighted by molar-refractivity contribution is 0.0600. The number of esters is 1. The van der Waals surface area contributed by atoms with Crippen LogP contribution < -0.4 is 10.6 Å². The molecule has 0 aliphatic carbocycles. The average Bonchev–Trinajstić information content (AvgIpc) is 3.08. The summed E-state index contributed by atoms with van der Waals surface area (Å²) in [6.45, 7) is 1.38. The van der Waals surface area contributed by atoms with Crippen molar-refractivity contribution >= 4 is 23.3 Å². The van der Waals surface area contributed by atoms with E-state index in [4.69, 9.17) is 0 Å². The van der Waals surface area contributed by atoms with Crippen molar-refractivity contribution in [1.82, 2.24) is 10.6 Å². The molecule has 1 aromatic heterocycles. The minimum absolute atomic E-state index is 0.326. The molecule has 5 nitrogen and oxygen atoms in total. The lowest BCUT2D eigenvalue weighted by Crippen LogP contribution is -2.36. The van der Waals surface area contributed by atoms with Crippen molar-refractivity contribution in [3.05, 3.63) is 57.8 Å². The molecule has 0 amide bonds. The maximum Gasteiger partial charge on any atom is 0.337 e. The van der Waals surface area contributed by atoms with Gasteiger partial charge in [-0.15, -0.1) is 11.3 Å². The van der Waals surface area contributed by atoms with Gasteiger partial charge in [-0.3, -0.25) is 4.99 Å². The van der Waals surface area contributed by atoms with E-state index in [1.54, 1.807) is 30.5 Å². The monoisotopic (exact) mass is 317 g/mol. The summed E-state index contributed by atoms with van der Waals surface area (Å²) in [6, 6.07) is 11.4. The van der Waals surface area contributed by atoms with Gasteiger partial charge in [0.05, 0.1) is 19.2 Å². The van der Waals surface area contributed by atoms with Crippen LogP contribution in [0.1, 0.15) is 20.8 Å². The van der Waals surface area contributed by atoms with Crippen LogP contribution in [-0.4, -0.2) is 26.1 Å². The minimum Gasteiger partial charge on any atom is -0.465 e. The van der Waals surface area contributed by atoms with Gasteiger partial charge in [0.25, 0.3) is 0 Å². The molecule has 2 N–H and O–H groups in total. The van der Waals surface area contributed by atoms with Crippen LogP contribution >= 0.6 is 11.3 Å². The van der Waals surface area contributed by atoms with E-state index < -0.39 is 0 Å². The van der Waals surface area contributed by atoms with E-state index in [2.05, 4.69) is 31.8 Å². The molecule has 0 saturated carbocycles. The third-order valence-corrected chi connectivity index (χ3v) is 3.95. The summed E-state index contributed by atoms with van der Waals surface area (Å²) in [5.74, 6) is 0.415. The van der Waals surface area contributed by atoms with Crippen molar-refractivity contribution in [2.24, 2.45) is 4.99 Å². The Labute approximate surface area is 134 Å². The van der Waals surface area contributed by atoms with Crippen LogP contribution in [0.2, 0.25) is 0 Å². The Kier molecular flexibility index (Phi) is 5.97. The van der Waals surface area contributed by atoms with Crippen molar-refractivity contribution < 1.29 is 9.53 Å². The zero-order valence-corrected chi connectivity index (χ0v) is 13.4. The third-order valence-electron chi connectivity index (χ3n) is 3.07. The predicted octanol–water partition coefficient (Wildman–Crippen LogP) is 2.40. The fraction of sp³-hybridized carbons (Fsp3) is 0.250. The van der Waals surface area contributed by atoms with Crippen LogP contribution in [0.4, 0.5) is 0 Å². The van der Waals surface area contributed by atoms with Crippen LogP contribution in [0.5, 0.6) is 0 Å². The highest BCUT2D eigenvalue weighted by Gasteiger charge is 2.04. The first-order valence-corrected chi connectivity index (χ1v) is 7.75. The molecule has 22 heavy (non-hydrogen) atoms. The van der Waals surface area contributed by atoms with Gasteiger partial charge in [-0.1, -0.05) is 18.2 Å². The molecule has 6 heteroatoms. The second kappa shape index (κ2) is 8.19. The first-order valence-electron chi connectivity index (χ1n) is 6.87. The van der Waals surface area contributed by atoms with Crippen molar-refractivity contribution in [3.63, 3.8) is 0 Å².